The van der Waals surface area contributed by atoms with Crippen LogP contribution in [-0.2, 0) is 21.1 Å². The van der Waals surface area contributed by atoms with E-state index in [-0.39, 0.29) is 24.3 Å². The van der Waals surface area contributed by atoms with Crippen molar-refractivity contribution in [1.82, 2.24) is 0 Å². The zero-order valence-corrected chi connectivity index (χ0v) is 11.9. The van der Waals surface area contributed by atoms with Gasteiger partial charge in [-0.3, -0.25) is 4.79 Å². The van der Waals surface area contributed by atoms with Crippen LogP contribution in [0.1, 0.15) is 18.4 Å². The molecule has 0 saturated carbocycles. The van der Waals surface area contributed by atoms with Crippen molar-refractivity contribution in [2.75, 3.05) is 11.5 Å². The van der Waals surface area contributed by atoms with Gasteiger partial charge in [0.1, 0.15) is 9.84 Å². The molecule has 1 aromatic carbocycles. The van der Waals surface area contributed by atoms with Gasteiger partial charge in [0.15, 0.2) is 0 Å². The molecule has 2 rings (SSSR count). The first kappa shape index (κ1) is 14.3. The average molecular weight is 303 g/mol. The molecule has 0 atom stereocenters. The molecule has 104 valence electrons. The van der Waals surface area contributed by atoms with Gasteiger partial charge in [0, 0.05) is 5.02 Å². The molecule has 1 N–H and O–H groups in total. The number of halogens is 1. The number of sulfone groups is 1. The van der Waals surface area contributed by atoms with Crippen molar-refractivity contribution >= 4 is 27.4 Å². The topological polar surface area (TPSA) is 71.4 Å². The number of carboxylic acids is 1. The van der Waals surface area contributed by atoms with Crippen molar-refractivity contribution < 1.29 is 18.3 Å². The number of hydrogen-bond acceptors (Lipinski definition) is 3. The highest BCUT2D eigenvalue weighted by atomic mass is 35.5. The Balaban J connectivity index is 2.24. The second-order valence-electron chi connectivity index (χ2n) is 5.04. The molecular formula is C13H15ClO4S. The van der Waals surface area contributed by atoms with E-state index in [1.807, 2.05) is 6.07 Å². The normalized spacial score (nSPS) is 20.9. The fraction of sp³-hybridized carbons (Fsp3) is 0.462. The molecule has 1 fully saturated rings. The second kappa shape index (κ2) is 5.13. The first-order valence-corrected chi connectivity index (χ1v) is 8.21. The van der Waals surface area contributed by atoms with Gasteiger partial charge < -0.3 is 5.11 Å². The van der Waals surface area contributed by atoms with Gasteiger partial charge in [0.25, 0.3) is 0 Å². The monoisotopic (exact) mass is 302 g/mol. The number of aliphatic carboxylic acids is 1. The van der Waals surface area contributed by atoms with Crippen LogP contribution in [0.15, 0.2) is 24.3 Å². The van der Waals surface area contributed by atoms with Gasteiger partial charge in [0.05, 0.1) is 16.9 Å². The molecule has 1 saturated heterocycles. The standard InChI is InChI=1S/C13H15ClO4S/c14-11-3-1-2-10(8-11)9-13(12(15)16)4-6-19(17,18)7-5-13/h1-3,8H,4-7,9H2,(H,15,16). The molecule has 0 radical (unpaired) electrons. The highest BCUT2D eigenvalue weighted by Crippen LogP contribution is 2.36. The van der Waals surface area contributed by atoms with Crippen LogP contribution in [0.25, 0.3) is 0 Å². The van der Waals surface area contributed by atoms with Crippen molar-refractivity contribution in [3.8, 4) is 0 Å². The molecule has 0 spiro atoms. The molecule has 1 heterocycles. The highest BCUT2D eigenvalue weighted by Gasteiger charge is 2.43. The Morgan fingerprint density at radius 3 is 2.47 bits per heavy atom. The number of rotatable bonds is 3. The molecule has 0 amide bonds. The fourth-order valence-electron chi connectivity index (χ4n) is 2.43. The summed E-state index contributed by atoms with van der Waals surface area (Å²) < 4.78 is 22.9. The molecule has 1 aliphatic heterocycles. The first-order chi connectivity index (χ1) is 8.83. The predicted octanol–water partition coefficient (Wildman–Crippen LogP) is 2.16. The van der Waals surface area contributed by atoms with E-state index in [4.69, 9.17) is 11.6 Å². The highest BCUT2D eigenvalue weighted by molar-refractivity contribution is 7.91. The number of hydrogen-bond donors (Lipinski definition) is 1. The zero-order valence-electron chi connectivity index (χ0n) is 10.3. The quantitative estimate of drug-likeness (QED) is 0.929. The summed E-state index contributed by atoms with van der Waals surface area (Å²) in [5.41, 5.74) is -0.162. The third-order valence-corrected chi connectivity index (χ3v) is 5.56. The van der Waals surface area contributed by atoms with E-state index in [0.29, 0.717) is 11.4 Å². The van der Waals surface area contributed by atoms with Gasteiger partial charge in [-0.05, 0) is 37.0 Å². The van der Waals surface area contributed by atoms with Gasteiger partial charge in [-0.2, -0.15) is 0 Å². The third kappa shape index (κ3) is 3.28. The summed E-state index contributed by atoms with van der Waals surface area (Å²) in [4.78, 5) is 11.5. The van der Waals surface area contributed by atoms with Crippen LogP contribution in [-0.4, -0.2) is 31.0 Å². The largest absolute Gasteiger partial charge is 0.481 e. The summed E-state index contributed by atoms with van der Waals surface area (Å²) >= 11 is 5.89. The van der Waals surface area contributed by atoms with Crippen molar-refractivity contribution in [3.05, 3.63) is 34.9 Å². The minimum Gasteiger partial charge on any atom is -0.481 e. The number of carbonyl (C=O) groups is 1. The molecule has 0 unspecified atom stereocenters. The van der Waals surface area contributed by atoms with E-state index in [2.05, 4.69) is 0 Å². The Morgan fingerprint density at radius 2 is 1.95 bits per heavy atom. The van der Waals surface area contributed by atoms with Crippen LogP contribution >= 0.6 is 11.6 Å². The summed E-state index contributed by atoms with van der Waals surface area (Å²) in [6, 6.07) is 7.05. The third-order valence-electron chi connectivity index (χ3n) is 3.67. The summed E-state index contributed by atoms with van der Waals surface area (Å²) in [6.07, 6.45) is 0.646. The van der Waals surface area contributed by atoms with Gasteiger partial charge in [-0.25, -0.2) is 8.42 Å². The fourth-order valence-corrected chi connectivity index (χ4v) is 4.25. The lowest BCUT2D eigenvalue weighted by molar-refractivity contribution is -0.149. The first-order valence-electron chi connectivity index (χ1n) is 6.01. The van der Waals surface area contributed by atoms with E-state index >= 15 is 0 Å². The Labute approximate surface area is 117 Å². The molecule has 4 nitrogen and oxygen atoms in total. The maximum atomic E-state index is 11.5. The molecular weight excluding hydrogens is 288 g/mol. The molecule has 6 heteroatoms. The SMILES string of the molecule is O=C(O)C1(Cc2cccc(Cl)c2)CCS(=O)(=O)CC1. The molecule has 0 bridgehead atoms. The van der Waals surface area contributed by atoms with Crippen LogP contribution < -0.4 is 0 Å². The number of carboxylic acid groups (broad SMARTS) is 1. The Hall–Kier alpha value is -1.07. The van der Waals surface area contributed by atoms with Crippen LogP contribution in [0, 0.1) is 5.41 Å². The van der Waals surface area contributed by atoms with Crippen LogP contribution in [0.2, 0.25) is 5.02 Å². The Morgan fingerprint density at radius 1 is 1.32 bits per heavy atom. The van der Waals surface area contributed by atoms with Gasteiger partial charge in [-0.15, -0.1) is 0 Å². The summed E-state index contributed by atoms with van der Waals surface area (Å²) in [5.74, 6) is -1.04. The van der Waals surface area contributed by atoms with E-state index < -0.39 is 21.2 Å². The Kier molecular flexibility index (Phi) is 3.87. The smallest absolute Gasteiger partial charge is 0.310 e. The van der Waals surface area contributed by atoms with Crippen LogP contribution in [0.5, 0.6) is 0 Å². The van der Waals surface area contributed by atoms with Crippen molar-refractivity contribution in [1.29, 1.82) is 0 Å². The van der Waals surface area contributed by atoms with Gasteiger partial charge in [0.2, 0.25) is 0 Å². The molecule has 0 aliphatic carbocycles. The van der Waals surface area contributed by atoms with Crippen molar-refractivity contribution in [2.24, 2.45) is 5.41 Å². The lowest BCUT2D eigenvalue weighted by Gasteiger charge is -2.33. The number of benzene rings is 1. The second-order valence-corrected chi connectivity index (χ2v) is 7.78. The molecule has 0 aromatic heterocycles. The van der Waals surface area contributed by atoms with Gasteiger partial charge >= 0.3 is 5.97 Å². The summed E-state index contributed by atoms with van der Waals surface area (Å²) in [7, 11) is -3.08. The van der Waals surface area contributed by atoms with Crippen molar-refractivity contribution in [3.63, 3.8) is 0 Å². The minimum absolute atomic E-state index is 0.0557. The maximum absolute atomic E-state index is 11.5. The van der Waals surface area contributed by atoms with Crippen LogP contribution in [0.3, 0.4) is 0 Å². The predicted molar refractivity (Wildman–Crippen MR) is 73.1 cm³/mol. The summed E-state index contributed by atoms with van der Waals surface area (Å²) in [6.45, 7) is 0. The van der Waals surface area contributed by atoms with Crippen LogP contribution in [0.4, 0.5) is 0 Å². The van der Waals surface area contributed by atoms with Gasteiger partial charge in [-0.1, -0.05) is 23.7 Å². The summed E-state index contributed by atoms with van der Waals surface area (Å²) in [5, 5.41) is 10.0. The maximum Gasteiger partial charge on any atom is 0.310 e. The Bertz CT molecular complexity index is 580. The molecule has 19 heavy (non-hydrogen) atoms. The lowest BCUT2D eigenvalue weighted by Crippen LogP contribution is -2.41. The average Bonchev–Trinajstić information content (AvgIpc) is 2.32. The van der Waals surface area contributed by atoms with E-state index in [9.17, 15) is 18.3 Å². The zero-order chi connectivity index (χ0) is 14.1. The van der Waals surface area contributed by atoms with Crippen molar-refractivity contribution in [2.45, 2.75) is 19.3 Å². The lowest BCUT2D eigenvalue weighted by atomic mass is 9.76. The minimum atomic E-state index is -3.08. The molecule has 1 aromatic rings. The molecule has 1 aliphatic rings. The van der Waals surface area contributed by atoms with E-state index in [1.54, 1.807) is 18.2 Å². The van der Waals surface area contributed by atoms with E-state index in [0.717, 1.165) is 5.56 Å². The van der Waals surface area contributed by atoms with E-state index in [1.165, 1.54) is 0 Å².